The summed E-state index contributed by atoms with van der Waals surface area (Å²) in [5.74, 6) is 0.505. The van der Waals surface area contributed by atoms with Gasteiger partial charge in [-0.1, -0.05) is 19.3 Å². The summed E-state index contributed by atoms with van der Waals surface area (Å²) in [4.78, 5) is 13.7. The van der Waals surface area contributed by atoms with Gasteiger partial charge in [0, 0.05) is 4.88 Å². The second kappa shape index (κ2) is 5.67. The van der Waals surface area contributed by atoms with Gasteiger partial charge in [-0.25, -0.2) is 4.79 Å². The summed E-state index contributed by atoms with van der Waals surface area (Å²) in [6.45, 7) is 4.42. The molecule has 0 atom stereocenters. The minimum absolute atomic E-state index is 0.164. The summed E-state index contributed by atoms with van der Waals surface area (Å²) in [7, 11) is 0. The second-order valence-electron chi connectivity index (χ2n) is 4.68. The van der Waals surface area contributed by atoms with Crippen LogP contribution in [0.1, 0.15) is 65.1 Å². The lowest BCUT2D eigenvalue weighted by Gasteiger charge is -2.21. The van der Waals surface area contributed by atoms with Crippen LogP contribution in [-0.2, 0) is 4.74 Å². The van der Waals surface area contributed by atoms with Gasteiger partial charge in [0.15, 0.2) is 0 Å². The minimum atomic E-state index is -0.164. The molecule has 0 radical (unpaired) electrons. The first-order valence-electron chi connectivity index (χ1n) is 6.49. The van der Waals surface area contributed by atoms with E-state index < -0.39 is 0 Å². The van der Waals surface area contributed by atoms with Gasteiger partial charge in [-0.15, -0.1) is 11.3 Å². The largest absolute Gasteiger partial charge is 0.462 e. The molecule has 0 aromatic carbocycles. The van der Waals surface area contributed by atoms with Crippen molar-refractivity contribution >= 4 is 17.3 Å². The highest BCUT2D eigenvalue weighted by atomic mass is 32.1. The highest BCUT2D eigenvalue weighted by Crippen LogP contribution is 2.37. The van der Waals surface area contributed by atoms with E-state index in [-0.39, 0.29) is 5.97 Å². The molecule has 0 unspecified atom stereocenters. The molecular weight excluding hydrogens is 232 g/mol. The molecule has 0 saturated heterocycles. The van der Waals surface area contributed by atoms with Gasteiger partial charge in [0.05, 0.1) is 6.61 Å². The zero-order valence-electron chi connectivity index (χ0n) is 10.6. The van der Waals surface area contributed by atoms with E-state index in [1.54, 1.807) is 11.3 Å². The van der Waals surface area contributed by atoms with Gasteiger partial charge >= 0.3 is 5.97 Å². The van der Waals surface area contributed by atoms with Gasteiger partial charge in [0.1, 0.15) is 4.88 Å². The Labute approximate surface area is 107 Å². The Balaban J connectivity index is 2.15. The van der Waals surface area contributed by atoms with Crippen LogP contribution in [0.25, 0.3) is 0 Å². The number of thiophene rings is 1. The van der Waals surface area contributed by atoms with E-state index >= 15 is 0 Å². The zero-order valence-corrected chi connectivity index (χ0v) is 11.4. The summed E-state index contributed by atoms with van der Waals surface area (Å²) in [5.41, 5.74) is 1.39. The Morgan fingerprint density at radius 3 is 2.76 bits per heavy atom. The third-order valence-electron chi connectivity index (χ3n) is 3.48. The highest BCUT2D eigenvalue weighted by molar-refractivity contribution is 7.14. The number of ether oxygens (including phenoxy) is 1. The number of esters is 1. The smallest absolute Gasteiger partial charge is 0.348 e. The lowest BCUT2D eigenvalue weighted by molar-refractivity contribution is 0.0532. The minimum Gasteiger partial charge on any atom is -0.462 e. The quantitative estimate of drug-likeness (QED) is 0.750. The molecule has 1 heterocycles. The number of carbonyl (C=O) groups excluding carboxylic acids is 1. The van der Waals surface area contributed by atoms with Crippen molar-refractivity contribution in [2.45, 2.75) is 51.9 Å². The molecule has 94 valence electrons. The van der Waals surface area contributed by atoms with E-state index in [0.717, 1.165) is 4.88 Å². The number of hydrogen-bond donors (Lipinski definition) is 0. The fraction of sp³-hybridized carbons (Fsp3) is 0.643. The fourth-order valence-corrected chi connectivity index (χ4v) is 3.62. The maximum absolute atomic E-state index is 11.7. The molecule has 1 aliphatic rings. The molecule has 1 aromatic heterocycles. The molecule has 0 spiro atoms. The number of hydrogen-bond acceptors (Lipinski definition) is 3. The molecule has 1 aliphatic carbocycles. The summed E-state index contributed by atoms with van der Waals surface area (Å²) in [6.07, 6.45) is 6.58. The SMILES string of the molecule is CCOC(=O)c1cc(C2CCCCC2)c(C)s1. The van der Waals surface area contributed by atoms with E-state index in [0.29, 0.717) is 12.5 Å². The number of aryl methyl sites for hydroxylation is 1. The van der Waals surface area contributed by atoms with E-state index in [1.165, 1.54) is 42.5 Å². The molecule has 1 aromatic rings. The average molecular weight is 252 g/mol. The Hall–Kier alpha value is -0.830. The molecule has 17 heavy (non-hydrogen) atoms. The van der Waals surface area contributed by atoms with Gasteiger partial charge in [-0.3, -0.25) is 0 Å². The number of rotatable bonds is 3. The molecule has 2 nitrogen and oxygen atoms in total. The van der Waals surface area contributed by atoms with E-state index in [1.807, 2.05) is 6.92 Å². The van der Waals surface area contributed by atoms with Crippen LogP contribution in [0.3, 0.4) is 0 Å². The first kappa shape index (κ1) is 12.6. The standard InChI is InChI=1S/C14H20O2S/c1-3-16-14(15)13-9-12(10(2)17-13)11-7-5-4-6-8-11/h9,11H,3-8H2,1-2H3. The van der Waals surface area contributed by atoms with Crippen LogP contribution in [0, 0.1) is 6.92 Å². The predicted molar refractivity (Wildman–Crippen MR) is 70.8 cm³/mol. The topological polar surface area (TPSA) is 26.3 Å². The summed E-state index contributed by atoms with van der Waals surface area (Å²) in [6, 6.07) is 2.06. The molecule has 0 N–H and O–H groups in total. The zero-order chi connectivity index (χ0) is 12.3. The summed E-state index contributed by atoms with van der Waals surface area (Å²) in [5, 5.41) is 0. The molecule has 0 bridgehead atoms. The molecule has 0 amide bonds. The molecule has 0 aliphatic heterocycles. The monoisotopic (exact) mass is 252 g/mol. The van der Waals surface area contributed by atoms with Crippen LogP contribution < -0.4 is 0 Å². The second-order valence-corrected chi connectivity index (χ2v) is 5.93. The van der Waals surface area contributed by atoms with Gasteiger partial charge in [-0.2, -0.15) is 0 Å². The third kappa shape index (κ3) is 2.89. The van der Waals surface area contributed by atoms with E-state index in [2.05, 4.69) is 13.0 Å². The van der Waals surface area contributed by atoms with Gasteiger partial charge in [0.2, 0.25) is 0 Å². The fourth-order valence-electron chi connectivity index (χ4n) is 2.62. The maximum atomic E-state index is 11.7. The Kier molecular flexibility index (Phi) is 4.21. The van der Waals surface area contributed by atoms with Crippen LogP contribution in [0.2, 0.25) is 0 Å². The molecule has 1 fully saturated rings. The van der Waals surface area contributed by atoms with Gasteiger partial charge in [0.25, 0.3) is 0 Å². The van der Waals surface area contributed by atoms with Crippen LogP contribution >= 0.6 is 11.3 Å². The third-order valence-corrected chi connectivity index (χ3v) is 4.52. The highest BCUT2D eigenvalue weighted by Gasteiger charge is 2.21. The van der Waals surface area contributed by atoms with E-state index in [4.69, 9.17) is 4.74 Å². The first-order valence-corrected chi connectivity index (χ1v) is 7.31. The van der Waals surface area contributed by atoms with Crippen molar-refractivity contribution in [1.82, 2.24) is 0 Å². The molecule has 1 saturated carbocycles. The Morgan fingerprint density at radius 1 is 1.41 bits per heavy atom. The lowest BCUT2D eigenvalue weighted by atomic mass is 9.84. The van der Waals surface area contributed by atoms with Crippen molar-refractivity contribution in [3.05, 3.63) is 21.4 Å². The van der Waals surface area contributed by atoms with Crippen LogP contribution in [0.5, 0.6) is 0 Å². The van der Waals surface area contributed by atoms with Crippen molar-refractivity contribution in [1.29, 1.82) is 0 Å². The average Bonchev–Trinajstić information content (AvgIpc) is 2.73. The number of carbonyl (C=O) groups is 1. The summed E-state index contributed by atoms with van der Waals surface area (Å²) >= 11 is 1.58. The Morgan fingerprint density at radius 2 is 2.12 bits per heavy atom. The first-order chi connectivity index (χ1) is 8.22. The van der Waals surface area contributed by atoms with Gasteiger partial charge < -0.3 is 4.74 Å². The Bertz CT molecular complexity index is 389. The van der Waals surface area contributed by atoms with Crippen molar-refractivity contribution < 1.29 is 9.53 Å². The van der Waals surface area contributed by atoms with Crippen molar-refractivity contribution in [3.63, 3.8) is 0 Å². The summed E-state index contributed by atoms with van der Waals surface area (Å²) < 4.78 is 5.06. The van der Waals surface area contributed by atoms with Crippen LogP contribution in [0.4, 0.5) is 0 Å². The van der Waals surface area contributed by atoms with Crippen LogP contribution in [-0.4, -0.2) is 12.6 Å². The van der Waals surface area contributed by atoms with Gasteiger partial charge in [-0.05, 0) is 44.2 Å². The normalized spacial score (nSPS) is 17.1. The lowest BCUT2D eigenvalue weighted by Crippen LogP contribution is -2.05. The van der Waals surface area contributed by atoms with Crippen molar-refractivity contribution in [2.24, 2.45) is 0 Å². The van der Waals surface area contributed by atoms with Crippen LogP contribution in [0.15, 0.2) is 6.07 Å². The van der Waals surface area contributed by atoms with Crippen molar-refractivity contribution in [2.75, 3.05) is 6.61 Å². The molecule has 3 heteroatoms. The van der Waals surface area contributed by atoms with Crippen molar-refractivity contribution in [3.8, 4) is 0 Å². The predicted octanol–water partition coefficient (Wildman–Crippen LogP) is 4.28. The molecular formula is C14H20O2S. The van der Waals surface area contributed by atoms with E-state index in [9.17, 15) is 4.79 Å². The maximum Gasteiger partial charge on any atom is 0.348 e. The molecule has 2 rings (SSSR count).